The molecule has 29 heavy (non-hydrogen) atoms. The van der Waals surface area contributed by atoms with Crippen LogP contribution in [-0.4, -0.2) is 15.9 Å². The van der Waals surface area contributed by atoms with E-state index in [0.717, 1.165) is 22.6 Å². The van der Waals surface area contributed by atoms with Crippen molar-refractivity contribution < 1.29 is 4.79 Å². The van der Waals surface area contributed by atoms with E-state index < -0.39 is 0 Å². The molecular formula is C21H16N6OS. The Morgan fingerprint density at radius 2 is 1.86 bits per heavy atom. The maximum atomic E-state index is 12.9. The maximum absolute atomic E-state index is 12.9. The van der Waals surface area contributed by atoms with Crippen LogP contribution in [-0.2, 0) is 0 Å². The number of rotatable bonds is 3. The van der Waals surface area contributed by atoms with Gasteiger partial charge in [-0.05, 0) is 24.6 Å². The van der Waals surface area contributed by atoms with Crippen LogP contribution in [0.1, 0.15) is 20.9 Å². The molecule has 4 rings (SSSR count). The number of carbonyl (C=O) groups excluding carboxylic acids is 1. The van der Waals surface area contributed by atoms with Gasteiger partial charge in [-0.3, -0.25) is 4.79 Å². The van der Waals surface area contributed by atoms with E-state index in [1.165, 1.54) is 0 Å². The Hall–Kier alpha value is -3.96. The summed E-state index contributed by atoms with van der Waals surface area (Å²) in [6.45, 7) is 1.84. The number of nitrogens with one attached hydrogen (secondary N) is 1. The van der Waals surface area contributed by atoms with Gasteiger partial charge in [-0.1, -0.05) is 36.4 Å². The maximum Gasteiger partial charge on any atom is 0.269 e. The molecule has 1 aromatic carbocycles. The molecule has 0 aliphatic rings. The largest absolute Gasteiger partial charge is 0.397 e. The van der Waals surface area contributed by atoms with Crippen molar-refractivity contribution in [3.05, 3.63) is 64.7 Å². The molecule has 1 amide bonds. The zero-order valence-electron chi connectivity index (χ0n) is 15.4. The normalized spacial score (nSPS) is 10.6. The minimum Gasteiger partial charge on any atom is -0.397 e. The molecule has 0 saturated heterocycles. The summed E-state index contributed by atoms with van der Waals surface area (Å²) in [5.41, 5.74) is 15.0. The number of nitriles is 1. The van der Waals surface area contributed by atoms with Crippen LogP contribution >= 0.6 is 11.3 Å². The topological polar surface area (TPSA) is 131 Å². The van der Waals surface area contributed by atoms with Crippen molar-refractivity contribution in [1.82, 2.24) is 9.97 Å². The molecule has 0 aliphatic carbocycles. The monoisotopic (exact) mass is 400 g/mol. The van der Waals surface area contributed by atoms with E-state index in [4.69, 9.17) is 11.5 Å². The van der Waals surface area contributed by atoms with Crippen LogP contribution in [0.2, 0.25) is 0 Å². The quantitative estimate of drug-likeness (QED) is 0.477. The molecule has 7 nitrogen and oxygen atoms in total. The molecule has 4 aromatic rings. The lowest BCUT2D eigenvalue weighted by molar-refractivity contribution is 0.103. The number of fused-ring (bicyclic) bond motifs is 1. The highest BCUT2D eigenvalue weighted by molar-refractivity contribution is 7.21. The summed E-state index contributed by atoms with van der Waals surface area (Å²) >= 11 is 1.13. The highest BCUT2D eigenvalue weighted by Gasteiger charge is 2.24. The Morgan fingerprint density at radius 1 is 1.10 bits per heavy atom. The molecule has 3 heterocycles. The van der Waals surface area contributed by atoms with Crippen LogP contribution in [0.4, 0.5) is 17.3 Å². The molecule has 3 aromatic heterocycles. The van der Waals surface area contributed by atoms with Crippen LogP contribution in [0.25, 0.3) is 21.3 Å². The number of nitrogens with two attached hydrogens (primary N) is 2. The third kappa shape index (κ3) is 3.24. The Kier molecular flexibility index (Phi) is 4.58. The number of aromatic nitrogens is 2. The summed E-state index contributed by atoms with van der Waals surface area (Å²) in [4.78, 5) is 22.3. The van der Waals surface area contributed by atoms with Gasteiger partial charge < -0.3 is 16.8 Å². The van der Waals surface area contributed by atoms with E-state index in [9.17, 15) is 10.1 Å². The van der Waals surface area contributed by atoms with Gasteiger partial charge >= 0.3 is 0 Å². The van der Waals surface area contributed by atoms with Gasteiger partial charge in [-0.15, -0.1) is 11.3 Å². The van der Waals surface area contributed by atoms with Gasteiger partial charge in [0.1, 0.15) is 33.0 Å². The van der Waals surface area contributed by atoms with Crippen molar-refractivity contribution in [2.45, 2.75) is 6.92 Å². The first-order chi connectivity index (χ1) is 14.0. The Morgan fingerprint density at radius 3 is 2.55 bits per heavy atom. The lowest BCUT2D eigenvalue weighted by Gasteiger charge is -2.09. The van der Waals surface area contributed by atoms with Crippen molar-refractivity contribution in [2.24, 2.45) is 0 Å². The Labute approximate surface area is 170 Å². The van der Waals surface area contributed by atoms with Crippen LogP contribution in [0.5, 0.6) is 0 Å². The molecule has 0 atom stereocenters. The van der Waals surface area contributed by atoms with Crippen molar-refractivity contribution in [2.75, 3.05) is 16.8 Å². The molecular weight excluding hydrogens is 384 g/mol. The fourth-order valence-electron chi connectivity index (χ4n) is 3.13. The fraction of sp³-hybridized carbons (Fsp3) is 0.0476. The number of hydrogen-bond donors (Lipinski definition) is 3. The molecule has 0 spiro atoms. The van der Waals surface area contributed by atoms with Crippen LogP contribution in [0.15, 0.2) is 48.5 Å². The number of anilines is 3. The average Bonchev–Trinajstić information content (AvgIpc) is 3.03. The zero-order valence-corrected chi connectivity index (χ0v) is 16.2. The van der Waals surface area contributed by atoms with Crippen LogP contribution < -0.4 is 16.8 Å². The smallest absolute Gasteiger partial charge is 0.269 e. The number of thiophene rings is 1. The molecule has 0 unspecified atom stereocenters. The Balaban J connectivity index is 1.90. The lowest BCUT2D eigenvalue weighted by Crippen LogP contribution is -2.13. The van der Waals surface area contributed by atoms with E-state index in [1.807, 2.05) is 43.3 Å². The number of pyridine rings is 2. The first-order valence-electron chi connectivity index (χ1n) is 8.71. The molecule has 142 valence electrons. The van der Waals surface area contributed by atoms with Gasteiger partial charge in [0, 0.05) is 16.6 Å². The predicted octanol–water partition coefficient (Wildman–Crippen LogP) is 3.96. The predicted molar refractivity (Wildman–Crippen MR) is 116 cm³/mol. The van der Waals surface area contributed by atoms with Crippen molar-refractivity contribution in [1.29, 1.82) is 5.26 Å². The minimum atomic E-state index is -0.389. The molecule has 8 heteroatoms. The molecule has 5 N–H and O–H groups in total. The van der Waals surface area contributed by atoms with Crippen LogP contribution in [0, 0.1) is 18.3 Å². The number of hydrogen-bond acceptors (Lipinski definition) is 7. The number of nitrogen functional groups attached to an aromatic ring is 2. The Bertz CT molecular complexity index is 1290. The van der Waals surface area contributed by atoms with Crippen molar-refractivity contribution >= 4 is 44.8 Å². The van der Waals surface area contributed by atoms with Crippen LogP contribution in [0.3, 0.4) is 0 Å². The van der Waals surface area contributed by atoms with Gasteiger partial charge in [0.25, 0.3) is 5.91 Å². The highest BCUT2D eigenvalue weighted by Crippen LogP contribution is 2.42. The minimum absolute atomic E-state index is 0.104. The van der Waals surface area contributed by atoms with Gasteiger partial charge in [-0.2, -0.15) is 5.26 Å². The zero-order chi connectivity index (χ0) is 20.5. The number of amides is 1. The second-order valence-electron chi connectivity index (χ2n) is 6.37. The van der Waals surface area contributed by atoms with E-state index >= 15 is 0 Å². The van der Waals surface area contributed by atoms with Gasteiger partial charge in [-0.25, -0.2) is 9.97 Å². The van der Waals surface area contributed by atoms with Gasteiger partial charge in [0.15, 0.2) is 0 Å². The van der Waals surface area contributed by atoms with Gasteiger partial charge in [0.2, 0.25) is 0 Å². The van der Waals surface area contributed by atoms with E-state index in [0.29, 0.717) is 26.5 Å². The SMILES string of the molecule is Cc1cccc(NC(=O)c2sc3nc(N)c(C#N)c(-c4ccccc4)c3c2N)n1. The summed E-state index contributed by atoms with van der Waals surface area (Å²) in [5, 5.41) is 13.0. The molecule has 0 saturated carbocycles. The number of aryl methyl sites for hydroxylation is 1. The summed E-state index contributed by atoms with van der Waals surface area (Å²) < 4.78 is 0. The summed E-state index contributed by atoms with van der Waals surface area (Å²) in [6, 6.07) is 16.8. The highest BCUT2D eigenvalue weighted by atomic mass is 32.1. The summed E-state index contributed by atoms with van der Waals surface area (Å²) in [7, 11) is 0. The molecule has 0 bridgehead atoms. The molecule has 0 fully saturated rings. The third-order valence-electron chi connectivity index (χ3n) is 4.42. The number of nitrogens with zero attached hydrogens (tertiary/aromatic N) is 3. The first kappa shape index (κ1) is 18.4. The fourth-order valence-corrected chi connectivity index (χ4v) is 4.14. The second-order valence-corrected chi connectivity index (χ2v) is 7.37. The van der Waals surface area contributed by atoms with Crippen molar-refractivity contribution in [3.8, 4) is 17.2 Å². The molecule has 0 radical (unpaired) electrons. The third-order valence-corrected chi connectivity index (χ3v) is 5.51. The number of benzene rings is 1. The standard InChI is InChI=1S/C21H16N6OS/c1-11-6-5-9-14(25-11)26-20(28)18-17(23)16-15(12-7-3-2-4-8-12)13(10-22)19(24)27-21(16)29-18/h2-9H,23H2,1H3,(H2,24,27)(H,25,26,28). The van der Waals surface area contributed by atoms with Gasteiger partial charge in [0.05, 0.1) is 5.69 Å². The van der Waals surface area contributed by atoms with Crippen molar-refractivity contribution in [3.63, 3.8) is 0 Å². The van der Waals surface area contributed by atoms with E-state index in [-0.39, 0.29) is 23.0 Å². The first-order valence-corrected chi connectivity index (χ1v) is 9.53. The lowest BCUT2D eigenvalue weighted by atomic mass is 9.97. The number of carbonyl (C=O) groups is 1. The average molecular weight is 400 g/mol. The van der Waals surface area contributed by atoms with E-state index in [2.05, 4.69) is 21.4 Å². The summed E-state index contributed by atoms with van der Waals surface area (Å²) in [6.07, 6.45) is 0. The second kappa shape index (κ2) is 7.22. The van der Waals surface area contributed by atoms with E-state index in [1.54, 1.807) is 12.1 Å². The summed E-state index contributed by atoms with van der Waals surface area (Å²) in [5.74, 6) is 0.146. The molecule has 0 aliphatic heterocycles.